The molecule has 0 amide bonds. The van der Waals surface area contributed by atoms with E-state index in [4.69, 9.17) is 19.9 Å². The first-order valence-electron chi connectivity index (χ1n) is 9.90. The molecule has 0 fully saturated rings. The van der Waals surface area contributed by atoms with Crippen molar-refractivity contribution in [2.24, 2.45) is 0 Å². The molecule has 0 unspecified atom stereocenters. The van der Waals surface area contributed by atoms with Crippen LogP contribution in [-0.2, 0) is 4.74 Å². The van der Waals surface area contributed by atoms with Crippen LogP contribution in [0.15, 0.2) is 60.7 Å². The molecule has 0 atom stereocenters. The van der Waals surface area contributed by atoms with Crippen LogP contribution in [0.2, 0.25) is 0 Å². The van der Waals surface area contributed by atoms with Crippen molar-refractivity contribution < 1.29 is 19.0 Å². The van der Waals surface area contributed by atoms with Gasteiger partial charge in [0.1, 0.15) is 11.5 Å². The minimum atomic E-state index is -0.412. The number of methoxy groups -OCH3 is 1. The first kappa shape index (κ1) is 20.7. The van der Waals surface area contributed by atoms with E-state index in [1.165, 1.54) is 0 Å². The van der Waals surface area contributed by atoms with Crippen molar-refractivity contribution >= 4 is 22.4 Å². The van der Waals surface area contributed by atoms with Crippen molar-refractivity contribution in [1.29, 1.82) is 0 Å². The van der Waals surface area contributed by atoms with E-state index in [1.807, 2.05) is 24.3 Å². The highest BCUT2D eigenvalue weighted by atomic mass is 16.5. The maximum atomic E-state index is 12.5. The van der Waals surface area contributed by atoms with Crippen molar-refractivity contribution in [3.05, 3.63) is 66.2 Å². The molecular weight excluding hydrogens is 366 g/mol. The Balaban J connectivity index is 1.54. The smallest absolute Gasteiger partial charge is 0.343 e. The lowest BCUT2D eigenvalue weighted by molar-refractivity contribution is 0.0737. The van der Waals surface area contributed by atoms with Gasteiger partial charge >= 0.3 is 5.97 Å². The molecule has 3 rings (SSSR count). The Morgan fingerprint density at radius 3 is 2.24 bits per heavy atom. The zero-order chi connectivity index (χ0) is 20.5. The minimum Gasteiger partial charge on any atom is -0.494 e. The van der Waals surface area contributed by atoms with E-state index in [0.29, 0.717) is 23.6 Å². The summed E-state index contributed by atoms with van der Waals surface area (Å²) in [5.74, 6) is 0.828. The van der Waals surface area contributed by atoms with Gasteiger partial charge in [-0.05, 0) is 55.7 Å². The van der Waals surface area contributed by atoms with E-state index in [0.717, 1.165) is 48.8 Å². The van der Waals surface area contributed by atoms with Crippen LogP contribution in [0.1, 0.15) is 36.0 Å². The van der Waals surface area contributed by atoms with Crippen molar-refractivity contribution in [2.45, 2.75) is 25.7 Å². The second kappa shape index (κ2) is 10.5. The van der Waals surface area contributed by atoms with Crippen LogP contribution in [0.4, 0.5) is 5.69 Å². The van der Waals surface area contributed by atoms with Crippen LogP contribution in [-0.4, -0.2) is 26.3 Å². The van der Waals surface area contributed by atoms with Crippen molar-refractivity contribution in [2.75, 3.05) is 26.1 Å². The summed E-state index contributed by atoms with van der Waals surface area (Å²) in [6.45, 7) is 1.47. The number of nitrogen functional groups attached to an aromatic ring is 1. The van der Waals surface area contributed by atoms with Crippen LogP contribution in [0.5, 0.6) is 11.5 Å². The number of hydrogen-bond acceptors (Lipinski definition) is 5. The third-order valence-corrected chi connectivity index (χ3v) is 4.72. The van der Waals surface area contributed by atoms with E-state index in [1.54, 1.807) is 43.5 Å². The number of fused-ring (bicyclic) bond motifs is 1. The largest absolute Gasteiger partial charge is 0.494 e. The number of carbonyl (C=O) groups is 1. The van der Waals surface area contributed by atoms with Crippen LogP contribution in [0.3, 0.4) is 0 Å². The van der Waals surface area contributed by atoms with E-state index >= 15 is 0 Å². The number of ether oxygens (including phenoxy) is 3. The molecule has 0 spiro atoms. The van der Waals surface area contributed by atoms with Gasteiger partial charge < -0.3 is 19.9 Å². The van der Waals surface area contributed by atoms with Crippen LogP contribution < -0.4 is 15.2 Å². The van der Waals surface area contributed by atoms with Gasteiger partial charge in [0.25, 0.3) is 0 Å². The highest BCUT2D eigenvalue weighted by Crippen LogP contribution is 2.30. The van der Waals surface area contributed by atoms with Crippen molar-refractivity contribution in [3.63, 3.8) is 0 Å². The highest BCUT2D eigenvalue weighted by molar-refractivity contribution is 6.00. The van der Waals surface area contributed by atoms with Gasteiger partial charge in [-0.3, -0.25) is 0 Å². The molecule has 0 radical (unpaired) electrons. The Morgan fingerprint density at radius 2 is 1.52 bits per heavy atom. The minimum absolute atomic E-state index is 0.412. The SMILES string of the molecule is COCCCCCCOc1ccc(C(=O)Oc2ccc(N)c3ccccc23)cc1. The molecule has 0 heterocycles. The van der Waals surface area contributed by atoms with E-state index < -0.39 is 5.97 Å². The molecule has 0 aliphatic heterocycles. The fourth-order valence-electron chi connectivity index (χ4n) is 3.12. The van der Waals surface area contributed by atoms with Gasteiger partial charge in [0, 0.05) is 30.2 Å². The summed E-state index contributed by atoms with van der Waals surface area (Å²) >= 11 is 0. The summed E-state index contributed by atoms with van der Waals surface area (Å²) in [6.07, 6.45) is 4.33. The second-order valence-electron chi connectivity index (χ2n) is 6.87. The Bertz CT molecular complexity index is 937. The van der Waals surface area contributed by atoms with E-state index in [2.05, 4.69) is 0 Å². The van der Waals surface area contributed by atoms with Gasteiger partial charge in [-0.2, -0.15) is 0 Å². The molecule has 0 aliphatic rings. The van der Waals surface area contributed by atoms with E-state index in [9.17, 15) is 4.79 Å². The molecule has 5 heteroatoms. The van der Waals surface area contributed by atoms with Crippen molar-refractivity contribution in [3.8, 4) is 11.5 Å². The number of hydrogen-bond donors (Lipinski definition) is 1. The molecule has 0 bridgehead atoms. The average molecular weight is 393 g/mol. The van der Waals surface area contributed by atoms with Crippen LogP contribution >= 0.6 is 0 Å². The standard InChI is InChI=1S/C24H27NO4/c1-27-16-6-2-3-7-17-28-19-12-10-18(11-13-19)24(26)29-23-15-14-22(25)20-8-4-5-9-21(20)23/h4-5,8-15H,2-3,6-7,16-17,25H2,1H3. The normalized spacial score (nSPS) is 10.8. The molecule has 0 saturated heterocycles. The zero-order valence-corrected chi connectivity index (χ0v) is 16.7. The third kappa shape index (κ3) is 5.72. The quantitative estimate of drug-likeness (QED) is 0.221. The number of carbonyl (C=O) groups excluding carboxylic acids is 1. The monoisotopic (exact) mass is 393 g/mol. The van der Waals surface area contributed by atoms with Gasteiger partial charge in [-0.25, -0.2) is 4.79 Å². The topological polar surface area (TPSA) is 70.8 Å². The van der Waals surface area contributed by atoms with Crippen molar-refractivity contribution in [1.82, 2.24) is 0 Å². The summed E-state index contributed by atoms with van der Waals surface area (Å²) in [5, 5.41) is 1.68. The molecule has 0 saturated carbocycles. The van der Waals surface area contributed by atoms with Gasteiger partial charge in [-0.15, -0.1) is 0 Å². The number of unbranched alkanes of at least 4 members (excludes halogenated alkanes) is 3. The maximum absolute atomic E-state index is 12.5. The Hall–Kier alpha value is -3.05. The predicted molar refractivity (Wildman–Crippen MR) is 116 cm³/mol. The fraction of sp³-hybridized carbons (Fsp3) is 0.292. The van der Waals surface area contributed by atoms with E-state index in [-0.39, 0.29) is 0 Å². The third-order valence-electron chi connectivity index (χ3n) is 4.72. The van der Waals surface area contributed by atoms with Gasteiger partial charge in [-0.1, -0.05) is 30.7 Å². The first-order chi connectivity index (χ1) is 14.2. The molecule has 3 aromatic rings. The number of anilines is 1. The number of benzene rings is 3. The zero-order valence-electron chi connectivity index (χ0n) is 16.7. The summed E-state index contributed by atoms with van der Waals surface area (Å²) < 4.78 is 16.4. The highest BCUT2D eigenvalue weighted by Gasteiger charge is 2.12. The fourth-order valence-corrected chi connectivity index (χ4v) is 3.12. The molecule has 152 valence electrons. The molecule has 5 nitrogen and oxygen atoms in total. The average Bonchev–Trinajstić information content (AvgIpc) is 2.75. The Morgan fingerprint density at radius 1 is 0.828 bits per heavy atom. The molecule has 2 N–H and O–H groups in total. The molecule has 3 aromatic carbocycles. The van der Waals surface area contributed by atoms with Gasteiger partial charge in [0.05, 0.1) is 12.2 Å². The lowest BCUT2D eigenvalue weighted by Gasteiger charge is -2.10. The number of esters is 1. The van der Waals surface area contributed by atoms with Gasteiger partial charge in [0.2, 0.25) is 0 Å². The second-order valence-corrected chi connectivity index (χ2v) is 6.87. The Labute approximate surface area is 171 Å². The molecular formula is C24H27NO4. The first-order valence-corrected chi connectivity index (χ1v) is 9.90. The summed E-state index contributed by atoms with van der Waals surface area (Å²) in [6, 6.07) is 18.1. The maximum Gasteiger partial charge on any atom is 0.343 e. The number of nitrogens with two attached hydrogens (primary N) is 1. The molecule has 0 aliphatic carbocycles. The van der Waals surface area contributed by atoms with Gasteiger partial charge in [0.15, 0.2) is 0 Å². The Kier molecular flexibility index (Phi) is 7.47. The number of rotatable bonds is 10. The lowest BCUT2D eigenvalue weighted by atomic mass is 10.1. The summed E-state index contributed by atoms with van der Waals surface area (Å²) in [4.78, 5) is 12.5. The predicted octanol–water partition coefficient (Wildman–Crippen LogP) is 5.23. The van der Waals surface area contributed by atoms with Crippen LogP contribution in [0.25, 0.3) is 10.8 Å². The summed E-state index contributed by atoms with van der Waals surface area (Å²) in [7, 11) is 1.72. The molecule has 0 aromatic heterocycles. The van der Waals surface area contributed by atoms with Crippen LogP contribution in [0, 0.1) is 0 Å². The lowest BCUT2D eigenvalue weighted by Crippen LogP contribution is -2.09. The summed E-state index contributed by atoms with van der Waals surface area (Å²) in [5.41, 5.74) is 7.13. The molecule has 29 heavy (non-hydrogen) atoms.